The van der Waals surface area contributed by atoms with E-state index in [4.69, 9.17) is 9.47 Å². The van der Waals surface area contributed by atoms with E-state index in [1.54, 1.807) is 6.08 Å². The van der Waals surface area contributed by atoms with E-state index in [0.29, 0.717) is 6.54 Å². The standard InChI is InChI=1S/C19H29NO4/c1-6-15-9-7-10-16(17(15)23-14(2)13-21)11-8-12-20-18(22)24-19(3,4)5/h6-7,9-10,14,21H,1,8,11-13H2,2-5H3,(H,20,22)/t14-/m1/s1. The normalized spacial score (nSPS) is 12.4. The second kappa shape index (κ2) is 9.33. The van der Waals surface area contributed by atoms with Gasteiger partial charge in [0, 0.05) is 12.1 Å². The van der Waals surface area contributed by atoms with E-state index >= 15 is 0 Å². The largest absolute Gasteiger partial charge is 0.487 e. The Hall–Kier alpha value is -2.01. The SMILES string of the molecule is C=Cc1cccc(CCCNC(=O)OC(C)(C)C)c1O[C@H](C)CO. The van der Waals surface area contributed by atoms with Crippen LogP contribution in [0, 0.1) is 0 Å². The number of amides is 1. The number of para-hydroxylation sites is 1. The Bertz CT molecular complexity index is 549. The monoisotopic (exact) mass is 335 g/mol. The molecular formula is C19H29NO4. The number of alkyl carbamates (subject to hydrolysis) is 1. The molecule has 1 amide bonds. The fourth-order valence-electron chi connectivity index (χ4n) is 2.13. The number of aliphatic hydroxyl groups is 1. The molecule has 0 aliphatic carbocycles. The molecule has 1 rings (SSSR count). The maximum atomic E-state index is 11.6. The second-order valence-corrected chi connectivity index (χ2v) is 6.68. The van der Waals surface area contributed by atoms with Crippen molar-refractivity contribution in [1.82, 2.24) is 5.32 Å². The molecule has 1 aromatic rings. The Morgan fingerprint density at radius 3 is 2.71 bits per heavy atom. The van der Waals surface area contributed by atoms with Crippen LogP contribution in [0.4, 0.5) is 4.79 Å². The smallest absolute Gasteiger partial charge is 0.407 e. The van der Waals surface area contributed by atoms with Gasteiger partial charge in [-0.05, 0) is 46.1 Å². The van der Waals surface area contributed by atoms with Crippen molar-refractivity contribution in [3.05, 3.63) is 35.9 Å². The Morgan fingerprint density at radius 2 is 2.12 bits per heavy atom. The average molecular weight is 335 g/mol. The first-order valence-electron chi connectivity index (χ1n) is 8.25. The lowest BCUT2D eigenvalue weighted by Crippen LogP contribution is -2.33. The van der Waals surface area contributed by atoms with Crippen LogP contribution in [-0.2, 0) is 11.2 Å². The van der Waals surface area contributed by atoms with Gasteiger partial charge in [0.05, 0.1) is 6.61 Å². The molecule has 2 N–H and O–H groups in total. The van der Waals surface area contributed by atoms with Gasteiger partial charge in [-0.3, -0.25) is 0 Å². The van der Waals surface area contributed by atoms with Crippen molar-refractivity contribution in [2.75, 3.05) is 13.2 Å². The summed E-state index contributed by atoms with van der Waals surface area (Å²) in [5, 5.41) is 12.0. The van der Waals surface area contributed by atoms with Crippen molar-refractivity contribution in [1.29, 1.82) is 0 Å². The van der Waals surface area contributed by atoms with Crippen LogP contribution in [0.5, 0.6) is 5.75 Å². The van der Waals surface area contributed by atoms with Gasteiger partial charge in [0.1, 0.15) is 17.5 Å². The Morgan fingerprint density at radius 1 is 1.42 bits per heavy atom. The predicted molar refractivity (Wildman–Crippen MR) is 96.3 cm³/mol. The van der Waals surface area contributed by atoms with Crippen LogP contribution in [-0.4, -0.2) is 36.1 Å². The summed E-state index contributed by atoms with van der Waals surface area (Å²) in [7, 11) is 0. The number of aliphatic hydroxyl groups excluding tert-OH is 1. The summed E-state index contributed by atoms with van der Waals surface area (Å²) in [5.74, 6) is 0.742. The van der Waals surface area contributed by atoms with Crippen molar-refractivity contribution in [3.63, 3.8) is 0 Å². The molecule has 0 unspecified atom stereocenters. The molecule has 0 aliphatic rings. The first kappa shape index (κ1) is 20.0. The van der Waals surface area contributed by atoms with Crippen LogP contribution < -0.4 is 10.1 Å². The van der Waals surface area contributed by atoms with Crippen LogP contribution >= 0.6 is 0 Å². The van der Waals surface area contributed by atoms with Gasteiger partial charge in [-0.15, -0.1) is 0 Å². The van der Waals surface area contributed by atoms with E-state index < -0.39 is 11.7 Å². The van der Waals surface area contributed by atoms with E-state index in [2.05, 4.69) is 11.9 Å². The van der Waals surface area contributed by atoms with Gasteiger partial charge in [0.25, 0.3) is 0 Å². The maximum Gasteiger partial charge on any atom is 0.407 e. The zero-order valence-corrected chi connectivity index (χ0v) is 15.1. The number of hydrogen-bond donors (Lipinski definition) is 2. The highest BCUT2D eigenvalue weighted by atomic mass is 16.6. The highest BCUT2D eigenvalue weighted by molar-refractivity contribution is 5.67. The molecule has 1 aromatic carbocycles. The van der Waals surface area contributed by atoms with Gasteiger partial charge >= 0.3 is 6.09 Å². The van der Waals surface area contributed by atoms with Gasteiger partial charge in [-0.1, -0.05) is 30.9 Å². The summed E-state index contributed by atoms with van der Waals surface area (Å²) in [6.07, 6.45) is 2.54. The van der Waals surface area contributed by atoms with Gasteiger partial charge in [-0.25, -0.2) is 4.79 Å². The first-order valence-corrected chi connectivity index (χ1v) is 8.25. The van der Waals surface area contributed by atoms with Crippen LogP contribution in [0.3, 0.4) is 0 Å². The van der Waals surface area contributed by atoms with Crippen LogP contribution in [0.15, 0.2) is 24.8 Å². The Kier molecular flexibility index (Phi) is 7.79. The molecule has 0 bridgehead atoms. The maximum absolute atomic E-state index is 11.6. The number of rotatable bonds is 8. The lowest BCUT2D eigenvalue weighted by Gasteiger charge is -2.20. The summed E-state index contributed by atoms with van der Waals surface area (Å²) >= 11 is 0. The van der Waals surface area contributed by atoms with Gasteiger partial charge in [0.2, 0.25) is 0 Å². The molecule has 134 valence electrons. The molecule has 0 saturated heterocycles. The van der Waals surface area contributed by atoms with Crippen molar-refractivity contribution in [3.8, 4) is 5.75 Å². The number of carbonyl (C=O) groups is 1. The fourth-order valence-corrected chi connectivity index (χ4v) is 2.13. The molecule has 1 atom stereocenters. The lowest BCUT2D eigenvalue weighted by atomic mass is 10.0. The molecule has 0 spiro atoms. The summed E-state index contributed by atoms with van der Waals surface area (Å²) < 4.78 is 11.0. The zero-order chi connectivity index (χ0) is 18.2. The van der Waals surface area contributed by atoms with Crippen molar-refractivity contribution >= 4 is 12.2 Å². The number of hydrogen-bond acceptors (Lipinski definition) is 4. The third-order valence-electron chi connectivity index (χ3n) is 3.21. The number of aryl methyl sites for hydroxylation is 1. The molecule has 0 aromatic heterocycles. The van der Waals surface area contributed by atoms with Crippen LogP contribution in [0.1, 0.15) is 45.2 Å². The second-order valence-electron chi connectivity index (χ2n) is 6.68. The summed E-state index contributed by atoms with van der Waals surface area (Å²) in [6.45, 7) is 11.6. The highest BCUT2D eigenvalue weighted by Crippen LogP contribution is 2.27. The van der Waals surface area contributed by atoms with Crippen LogP contribution in [0.25, 0.3) is 6.08 Å². The topological polar surface area (TPSA) is 67.8 Å². The minimum absolute atomic E-state index is 0.0505. The van der Waals surface area contributed by atoms with E-state index in [1.165, 1.54) is 0 Å². The Balaban J connectivity index is 2.61. The van der Waals surface area contributed by atoms with Crippen molar-refractivity contribution < 1.29 is 19.4 Å². The molecule has 0 heterocycles. The van der Waals surface area contributed by atoms with Gasteiger partial charge in [-0.2, -0.15) is 0 Å². The zero-order valence-electron chi connectivity index (χ0n) is 15.1. The van der Waals surface area contributed by atoms with Gasteiger partial charge < -0.3 is 19.9 Å². The molecule has 0 fully saturated rings. The molecule has 0 radical (unpaired) electrons. The molecule has 24 heavy (non-hydrogen) atoms. The van der Waals surface area contributed by atoms with E-state index in [-0.39, 0.29) is 12.7 Å². The number of ether oxygens (including phenoxy) is 2. The molecule has 0 saturated carbocycles. The minimum Gasteiger partial charge on any atom is -0.487 e. The lowest BCUT2D eigenvalue weighted by molar-refractivity contribution is 0.0527. The summed E-state index contributed by atoms with van der Waals surface area (Å²) in [5.41, 5.74) is 1.43. The molecular weight excluding hydrogens is 306 g/mol. The molecule has 0 aliphatic heterocycles. The van der Waals surface area contributed by atoms with E-state index in [1.807, 2.05) is 45.9 Å². The first-order chi connectivity index (χ1) is 11.3. The van der Waals surface area contributed by atoms with E-state index in [0.717, 1.165) is 29.7 Å². The minimum atomic E-state index is -0.496. The van der Waals surface area contributed by atoms with Crippen molar-refractivity contribution in [2.45, 2.75) is 52.2 Å². The molecule has 5 nitrogen and oxygen atoms in total. The van der Waals surface area contributed by atoms with Gasteiger partial charge in [0.15, 0.2) is 0 Å². The van der Waals surface area contributed by atoms with Crippen molar-refractivity contribution in [2.24, 2.45) is 0 Å². The highest BCUT2D eigenvalue weighted by Gasteiger charge is 2.16. The van der Waals surface area contributed by atoms with Crippen LogP contribution in [0.2, 0.25) is 0 Å². The quantitative estimate of drug-likeness (QED) is 0.713. The fraction of sp³-hybridized carbons (Fsp3) is 0.526. The number of carbonyl (C=O) groups excluding carboxylic acids is 1. The third kappa shape index (κ3) is 7.04. The number of nitrogens with one attached hydrogen (secondary N) is 1. The predicted octanol–water partition coefficient (Wildman–Crippen LogP) is 3.55. The third-order valence-corrected chi connectivity index (χ3v) is 3.21. The summed E-state index contributed by atoms with van der Waals surface area (Å²) in [4.78, 5) is 11.6. The Labute approximate surface area is 144 Å². The summed E-state index contributed by atoms with van der Waals surface area (Å²) in [6, 6.07) is 5.86. The molecule has 5 heteroatoms. The number of benzene rings is 1. The van der Waals surface area contributed by atoms with E-state index in [9.17, 15) is 9.90 Å². The average Bonchev–Trinajstić information content (AvgIpc) is 2.50.